The van der Waals surface area contributed by atoms with Gasteiger partial charge in [-0.25, -0.2) is 4.79 Å². The van der Waals surface area contributed by atoms with E-state index in [0.717, 1.165) is 0 Å². The van der Waals surface area contributed by atoms with Crippen LogP contribution < -0.4 is 5.32 Å². The molecule has 2 N–H and O–H groups in total. The van der Waals surface area contributed by atoms with Crippen LogP contribution in [-0.4, -0.2) is 73.5 Å². The molecular formula is C12H20N2O5. The van der Waals surface area contributed by atoms with Crippen LogP contribution in [0.4, 0.5) is 0 Å². The quantitative estimate of drug-likeness (QED) is 0.662. The molecule has 0 radical (unpaired) electrons. The Morgan fingerprint density at radius 3 is 2.74 bits per heavy atom. The van der Waals surface area contributed by atoms with E-state index < -0.39 is 11.6 Å². The van der Waals surface area contributed by atoms with Gasteiger partial charge in [-0.05, 0) is 14.0 Å². The van der Waals surface area contributed by atoms with Gasteiger partial charge in [0.25, 0.3) is 0 Å². The largest absolute Gasteiger partial charge is 0.480 e. The summed E-state index contributed by atoms with van der Waals surface area (Å²) >= 11 is 0. The number of hydrogen-bond donors (Lipinski definition) is 2. The molecule has 2 unspecified atom stereocenters. The summed E-state index contributed by atoms with van der Waals surface area (Å²) in [5.41, 5.74) is -0.539. The fraction of sp³-hybridized carbons (Fsp3) is 0.833. The minimum atomic E-state index is -0.995. The summed E-state index contributed by atoms with van der Waals surface area (Å²) < 4.78 is 10.6. The number of nitrogens with zero attached hydrogens (tertiary/aromatic N) is 1. The molecule has 2 saturated heterocycles. The van der Waals surface area contributed by atoms with Crippen molar-refractivity contribution in [2.45, 2.75) is 18.6 Å². The van der Waals surface area contributed by atoms with Crippen LogP contribution in [0, 0.1) is 5.92 Å². The van der Waals surface area contributed by atoms with Crippen molar-refractivity contribution in [2.75, 3.05) is 40.0 Å². The Balaban J connectivity index is 1.82. The van der Waals surface area contributed by atoms with Gasteiger partial charge in [0.1, 0.15) is 12.2 Å². The number of likely N-dealkylation sites (N-methyl/N-ethyl adjacent to an activating group) is 1. The fourth-order valence-corrected chi connectivity index (χ4v) is 2.56. The first-order valence-corrected chi connectivity index (χ1v) is 6.35. The zero-order chi connectivity index (χ0) is 14.0. The normalized spacial score (nSPS) is 29.1. The maximum atomic E-state index is 12.3. The van der Waals surface area contributed by atoms with Crippen LogP contribution in [0.3, 0.4) is 0 Å². The highest BCUT2D eigenvalue weighted by Gasteiger charge is 2.46. The summed E-state index contributed by atoms with van der Waals surface area (Å²) in [6.45, 7) is 3.35. The number of rotatable bonds is 5. The molecule has 2 rings (SSSR count). The summed E-state index contributed by atoms with van der Waals surface area (Å²) in [6.07, 6.45) is 0. The van der Waals surface area contributed by atoms with E-state index >= 15 is 0 Å². The third-order valence-corrected chi connectivity index (χ3v) is 3.67. The molecular weight excluding hydrogens is 252 g/mol. The van der Waals surface area contributed by atoms with Gasteiger partial charge in [-0.1, -0.05) is 0 Å². The Bertz CT molecular complexity index is 367. The molecule has 19 heavy (non-hydrogen) atoms. The van der Waals surface area contributed by atoms with E-state index in [9.17, 15) is 9.59 Å². The number of ether oxygens (including phenoxy) is 2. The first kappa shape index (κ1) is 14.2. The lowest BCUT2D eigenvalue weighted by Crippen LogP contribution is -2.65. The summed E-state index contributed by atoms with van der Waals surface area (Å²) in [5.74, 6) is -1.10. The number of carbonyl (C=O) groups is 2. The highest BCUT2D eigenvalue weighted by Crippen LogP contribution is 2.28. The highest BCUT2D eigenvalue weighted by molar-refractivity contribution is 5.81. The summed E-state index contributed by atoms with van der Waals surface area (Å²) in [7, 11) is 1.82. The number of amides is 1. The van der Waals surface area contributed by atoms with Crippen molar-refractivity contribution in [1.29, 1.82) is 0 Å². The molecule has 0 aromatic rings. The maximum Gasteiger partial charge on any atom is 0.329 e. The van der Waals surface area contributed by atoms with Crippen LogP contribution in [0.2, 0.25) is 0 Å². The number of hydrogen-bond acceptors (Lipinski definition) is 5. The Morgan fingerprint density at radius 1 is 1.47 bits per heavy atom. The third-order valence-electron chi connectivity index (χ3n) is 3.67. The third kappa shape index (κ3) is 3.05. The molecule has 2 fully saturated rings. The number of carbonyl (C=O) groups excluding carboxylic acids is 1. The van der Waals surface area contributed by atoms with E-state index in [0.29, 0.717) is 26.3 Å². The number of aliphatic carboxylic acids is 1. The average Bonchev–Trinajstić information content (AvgIpc) is 2.80. The molecule has 1 amide bonds. The monoisotopic (exact) mass is 272 g/mol. The number of nitrogens with one attached hydrogen (secondary N) is 1. The lowest BCUT2D eigenvalue weighted by atomic mass is 9.92. The fourth-order valence-electron chi connectivity index (χ4n) is 2.56. The zero-order valence-corrected chi connectivity index (χ0v) is 11.2. The topological polar surface area (TPSA) is 88.1 Å². The van der Waals surface area contributed by atoms with Crippen molar-refractivity contribution in [1.82, 2.24) is 10.2 Å². The predicted octanol–water partition coefficient (Wildman–Crippen LogP) is -1.08. The van der Waals surface area contributed by atoms with Gasteiger partial charge in [0.15, 0.2) is 0 Å². The van der Waals surface area contributed by atoms with Gasteiger partial charge < -0.3 is 24.8 Å². The van der Waals surface area contributed by atoms with Crippen LogP contribution in [0.15, 0.2) is 0 Å². The molecule has 108 valence electrons. The highest BCUT2D eigenvalue weighted by atomic mass is 16.5. The minimum Gasteiger partial charge on any atom is -0.480 e. The molecule has 7 heteroatoms. The van der Waals surface area contributed by atoms with Gasteiger partial charge in [0.2, 0.25) is 5.91 Å². The summed E-state index contributed by atoms with van der Waals surface area (Å²) in [4.78, 5) is 24.4. The summed E-state index contributed by atoms with van der Waals surface area (Å²) in [6, 6.07) is 0.0549. The number of carboxylic acid groups (broad SMARTS) is 1. The van der Waals surface area contributed by atoms with Gasteiger partial charge in [-0.3, -0.25) is 4.79 Å². The van der Waals surface area contributed by atoms with Gasteiger partial charge in [0, 0.05) is 6.04 Å². The molecule has 0 aliphatic carbocycles. The smallest absolute Gasteiger partial charge is 0.329 e. The van der Waals surface area contributed by atoms with Crippen LogP contribution in [-0.2, 0) is 19.1 Å². The van der Waals surface area contributed by atoms with Crippen molar-refractivity contribution < 1.29 is 24.2 Å². The van der Waals surface area contributed by atoms with Crippen LogP contribution in [0.5, 0.6) is 0 Å². The first-order valence-electron chi connectivity index (χ1n) is 6.35. The molecule has 2 atom stereocenters. The average molecular weight is 272 g/mol. The Hall–Kier alpha value is -1.18. The predicted molar refractivity (Wildman–Crippen MR) is 65.7 cm³/mol. The van der Waals surface area contributed by atoms with Gasteiger partial charge in [-0.2, -0.15) is 0 Å². The van der Waals surface area contributed by atoms with E-state index in [1.165, 1.54) is 0 Å². The van der Waals surface area contributed by atoms with E-state index in [1.54, 1.807) is 4.90 Å². The Kier molecular flexibility index (Phi) is 4.07. The molecule has 0 spiro atoms. The molecule has 0 aromatic carbocycles. The second-order valence-corrected chi connectivity index (χ2v) is 5.37. The SMILES string of the molecule is CNC1COCC1C(=O)N1CC(C)(OCC(=O)O)C1. The molecule has 0 aromatic heterocycles. The van der Waals surface area contributed by atoms with Crippen molar-refractivity contribution in [3.05, 3.63) is 0 Å². The molecule has 0 bridgehead atoms. The lowest BCUT2D eigenvalue weighted by Gasteiger charge is -2.48. The second-order valence-electron chi connectivity index (χ2n) is 5.37. The second kappa shape index (κ2) is 5.44. The molecule has 2 aliphatic heterocycles. The molecule has 2 aliphatic rings. The molecule has 2 heterocycles. The lowest BCUT2D eigenvalue weighted by molar-refractivity contribution is -0.175. The molecule has 7 nitrogen and oxygen atoms in total. The van der Waals surface area contributed by atoms with Crippen molar-refractivity contribution >= 4 is 11.9 Å². The van der Waals surface area contributed by atoms with Crippen LogP contribution in [0.1, 0.15) is 6.92 Å². The Morgan fingerprint density at radius 2 is 2.16 bits per heavy atom. The van der Waals surface area contributed by atoms with E-state index in [2.05, 4.69) is 5.32 Å². The van der Waals surface area contributed by atoms with E-state index in [1.807, 2.05) is 14.0 Å². The van der Waals surface area contributed by atoms with Crippen molar-refractivity contribution in [3.63, 3.8) is 0 Å². The number of carboxylic acids is 1. The van der Waals surface area contributed by atoms with Crippen LogP contribution in [0.25, 0.3) is 0 Å². The Labute approximate surface area is 111 Å². The van der Waals surface area contributed by atoms with Gasteiger partial charge in [0.05, 0.1) is 32.2 Å². The van der Waals surface area contributed by atoms with Crippen molar-refractivity contribution in [3.8, 4) is 0 Å². The first-order chi connectivity index (χ1) is 8.95. The van der Waals surface area contributed by atoms with Gasteiger partial charge in [-0.15, -0.1) is 0 Å². The summed E-state index contributed by atoms with van der Waals surface area (Å²) in [5, 5.41) is 11.7. The standard InChI is InChI=1S/C12H20N2O5/c1-12(19-5-10(15)16)6-14(7-12)11(17)8-3-18-4-9(8)13-2/h8-9,13H,3-7H2,1-2H3,(H,15,16). The van der Waals surface area contributed by atoms with Crippen molar-refractivity contribution in [2.24, 2.45) is 5.92 Å². The maximum absolute atomic E-state index is 12.3. The minimum absolute atomic E-state index is 0.0493. The van der Waals surface area contributed by atoms with E-state index in [-0.39, 0.29) is 24.5 Å². The van der Waals surface area contributed by atoms with Gasteiger partial charge >= 0.3 is 5.97 Å². The van der Waals surface area contributed by atoms with Crippen LogP contribution >= 0.6 is 0 Å². The number of likely N-dealkylation sites (tertiary alicyclic amines) is 1. The zero-order valence-electron chi connectivity index (χ0n) is 11.2. The van der Waals surface area contributed by atoms with E-state index in [4.69, 9.17) is 14.6 Å². The molecule has 0 saturated carbocycles.